The summed E-state index contributed by atoms with van der Waals surface area (Å²) >= 11 is 0. The van der Waals surface area contributed by atoms with Gasteiger partial charge in [-0.3, -0.25) is 4.90 Å². The minimum atomic E-state index is -1.10. The Morgan fingerprint density at radius 1 is 1.10 bits per heavy atom. The topological polar surface area (TPSA) is 32.8 Å². The maximum atomic E-state index is 14.4. The average molecular weight is 288 g/mol. The zero-order chi connectivity index (χ0) is 15.4. The van der Waals surface area contributed by atoms with Crippen molar-refractivity contribution < 1.29 is 13.9 Å². The van der Waals surface area contributed by atoms with Crippen LogP contribution in [-0.2, 0) is 4.74 Å². The second-order valence-electron chi connectivity index (χ2n) is 6.60. The molecule has 20 heavy (non-hydrogen) atoms. The fourth-order valence-electron chi connectivity index (χ4n) is 2.29. The van der Waals surface area contributed by atoms with Crippen LogP contribution in [0, 0.1) is 0 Å². The Labute approximate surface area is 122 Å². The molecular formula is C15H29FN2O2. The lowest BCUT2D eigenvalue weighted by molar-refractivity contribution is 0.00666. The number of piperazine rings is 1. The zero-order valence-electron chi connectivity index (χ0n) is 13.5. The molecule has 0 aromatic heterocycles. The summed E-state index contributed by atoms with van der Waals surface area (Å²) in [5.74, 6) is 0. The lowest BCUT2D eigenvalue weighted by Gasteiger charge is -2.38. The molecule has 0 bridgehead atoms. The van der Waals surface area contributed by atoms with Gasteiger partial charge < -0.3 is 9.64 Å². The van der Waals surface area contributed by atoms with Crippen molar-refractivity contribution >= 4 is 6.09 Å². The Morgan fingerprint density at radius 3 is 2.00 bits per heavy atom. The lowest BCUT2D eigenvalue weighted by atomic mass is 9.98. The SMILES string of the molecule is CCC(F)(CC)CN1CCN(C(=O)OC(C)(C)C)CC1. The summed E-state index contributed by atoms with van der Waals surface area (Å²) in [6.45, 7) is 12.5. The highest BCUT2D eigenvalue weighted by Crippen LogP contribution is 2.22. The van der Waals surface area contributed by atoms with Gasteiger partial charge in [-0.1, -0.05) is 13.8 Å². The summed E-state index contributed by atoms with van der Waals surface area (Å²) in [4.78, 5) is 15.7. The zero-order valence-corrected chi connectivity index (χ0v) is 13.5. The average Bonchev–Trinajstić information content (AvgIpc) is 2.37. The number of hydrogen-bond acceptors (Lipinski definition) is 3. The van der Waals surface area contributed by atoms with Crippen molar-refractivity contribution in [3.05, 3.63) is 0 Å². The summed E-state index contributed by atoms with van der Waals surface area (Å²) in [5, 5.41) is 0. The molecule has 1 saturated heterocycles. The monoisotopic (exact) mass is 288 g/mol. The molecule has 1 aliphatic rings. The van der Waals surface area contributed by atoms with Crippen LogP contribution in [0.25, 0.3) is 0 Å². The molecule has 0 aromatic rings. The Morgan fingerprint density at radius 2 is 1.60 bits per heavy atom. The van der Waals surface area contributed by atoms with Crippen molar-refractivity contribution in [3.8, 4) is 0 Å². The number of carbonyl (C=O) groups is 1. The first kappa shape index (κ1) is 17.2. The third-order valence-corrected chi connectivity index (χ3v) is 3.80. The quantitative estimate of drug-likeness (QED) is 0.797. The molecule has 0 unspecified atom stereocenters. The molecule has 1 amide bonds. The van der Waals surface area contributed by atoms with Gasteiger partial charge in [0.25, 0.3) is 0 Å². The molecule has 1 heterocycles. The van der Waals surface area contributed by atoms with E-state index in [2.05, 4.69) is 4.90 Å². The van der Waals surface area contributed by atoms with Crippen molar-refractivity contribution in [2.75, 3.05) is 32.7 Å². The standard InChI is InChI=1S/C15H29FN2O2/c1-6-15(16,7-2)12-17-8-10-18(11-9-17)13(19)20-14(3,4)5/h6-12H2,1-5H3. The highest BCUT2D eigenvalue weighted by atomic mass is 19.1. The lowest BCUT2D eigenvalue weighted by Crippen LogP contribution is -2.52. The molecule has 1 aliphatic heterocycles. The van der Waals surface area contributed by atoms with Crippen molar-refractivity contribution in [3.63, 3.8) is 0 Å². The van der Waals surface area contributed by atoms with E-state index >= 15 is 0 Å². The third-order valence-electron chi connectivity index (χ3n) is 3.80. The summed E-state index contributed by atoms with van der Waals surface area (Å²) in [6, 6.07) is 0. The van der Waals surface area contributed by atoms with Crippen LogP contribution in [0.4, 0.5) is 9.18 Å². The summed E-state index contributed by atoms with van der Waals surface area (Å²) in [5.41, 5.74) is -1.57. The molecule has 0 spiro atoms. The van der Waals surface area contributed by atoms with Gasteiger partial charge in [-0.25, -0.2) is 9.18 Å². The predicted octanol–water partition coefficient (Wildman–Crippen LogP) is 3.07. The van der Waals surface area contributed by atoms with Crippen LogP contribution >= 0.6 is 0 Å². The van der Waals surface area contributed by atoms with Gasteiger partial charge in [-0.05, 0) is 33.6 Å². The highest BCUT2D eigenvalue weighted by molar-refractivity contribution is 5.68. The van der Waals surface area contributed by atoms with E-state index in [1.807, 2.05) is 34.6 Å². The molecule has 0 atom stereocenters. The fraction of sp³-hybridized carbons (Fsp3) is 0.933. The summed E-state index contributed by atoms with van der Waals surface area (Å²) in [7, 11) is 0. The van der Waals surface area contributed by atoms with Crippen molar-refractivity contribution in [2.45, 2.75) is 58.7 Å². The molecule has 1 fully saturated rings. The molecule has 118 valence electrons. The van der Waals surface area contributed by atoms with Crippen LogP contribution in [-0.4, -0.2) is 59.9 Å². The molecule has 0 aromatic carbocycles. The maximum Gasteiger partial charge on any atom is 0.410 e. The van der Waals surface area contributed by atoms with Crippen molar-refractivity contribution in [1.82, 2.24) is 9.80 Å². The highest BCUT2D eigenvalue weighted by Gasteiger charge is 2.31. The molecule has 0 N–H and O–H groups in total. The first-order valence-corrected chi connectivity index (χ1v) is 7.58. The molecule has 0 saturated carbocycles. The molecule has 5 heteroatoms. The van der Waals surface area contributed by atoms with Crippen molar-refractivity contribution in [2.24, 2.45) is 0 Å². The Kier molecular flexibility index (Phi) is 5.80. The van der Waals surface area contributed by atoms with Gasteiger partial charge in [0.15, 0.2) is 0 Å². The van der Waals surface area contributed by atoms with E-state index in [0.717, 1.165) is 0 Å². The minimum Gasteiger partial charge on any atom is -0.444 e. The van der Waals surface area contributed by atoms with Gasteiger partial charge in [0.05, 0.1) is 0 Å². The van der Waals surface area contributed by atoms with E-state index in [9.17, 15) is 9.18 Å². The first-order valence-electron chi connectivity index (χ1n) is 7.58. The maximum absolute atomic E-state index is 14.4. The molecule has 1 rings (SSSR count). The molecule has 0 radical (unpaired) electrons. The minimum absolute atomic E-state index is 0.269. The Hall–Kier alpha value is -0.840. The number of carbonyl (C=O) groups excluding carboxylic acids is 1. The van der Waals surface area contributed by atoms with E-state index in [0.29, 0.717) is 45.6 Å². The molecular weight excluding hydrogens is 259 g/mol. The van der Waals surface area contributed by atoms with E-state index in [1.165, 1.54) is 0 Å². The number of halogens is 1. The van der Waals surface area contributed by atoms with Gasteiger partial charge in [-0.2, -0.15) is 0 Å². The van der Waals surface area contributed by atoms with Gasteiger partial charge in [0.2, 0.25) is 0 Å². The van der Waals surface area contributed by atoms with Crippen LogP contribution < -0.4 is 0 Å². The van der Waals surface area contributed by atoms with Crippen LogP contribution in [0.1, 0.15) is 47.5 Å². The van der Waals surface area contributed by atoms with Crippen LogP contribution in [0.3, 0.4) is 0 Å². The van der Waals surface area contributed by atoms with Gasteiger partial charge in [0, 0.05) is 32.7 Å². The number of alkyl halides is 1. The third kappa shape index (κ3) is 5.27. The first-order chi connectivity index (χ1) is 9.19. The fourth-order valence-corrected chi connectivity index (χ4v) is 2.29. The summed E-state index contributed by atoms with van der Waals surface area (Å²) in [6.07, 6.45) is 0.806. The van der Waals surface area contributed by atoms with Crippen LogP contribution in [0.2, 0.25) is 0 Å². The van der Waals surface area contributed by atoms with Crippen LogP contribution in [0.15, 0.2) is 0 Å². The van der Waals surface area contributed by atoms with Gasteiger partial charge in [0.1, 0.15) is 11.3 Å². The van der Waals surface area contributed by atoms with Gasteiger partial charge >= 0.3 is 6.09 Å². The predicted molar refractivity (Wildman–Crippen MR) is 78.7 cm³/mol. The van der Waals surface area contributed by atoms with Gasteiger partial charge in [-0.15, -0.1) is 0 Å². The van der Waals surface area contributed by atoms with Crippen LogP contribution in [0.5, 0.6) is 0 Å². The van der Waals surface area contributed by atoms with Crippen molar-refractivity contribution in [1.29, 1.82) is 0 Å². The van der Waals surface area contributed by atoms with E-state index in [-0.39, 0.29) is 6.09 Å². The Balaban J connectivity index is 2.42. The van der Waals surface area contributed by atoms with E-state index in [4.69, 9.17) is 4.74 Å². The largest absolute Gasteiger partial charge is 0.444 e. The second kappa shape index (κ2) is 6.74. The number of ether oxygens (including phenoxy) is 1. The smallest absolute Gasteiger partial charge is 0.410 e. The number of amides is 1. The molecule has 0 aliphatic carbocycles. The van der Waals surface area contributed by atoms with E-state index in [1.54, 1.807) is 4.90 Å². The number of rotatable bonds is 4. The Bertz CT molecular complexity index is 316. The number of nitrogens with zero attached hydrogens (tertiary/aromatic N) is 2. The number of hydrogen-bond donors (Lipinski definition) is 0. The van der Waals surface area contributed by atoms with E-state index < -0.39 is 11.3 Å². The second-order valence-corrected chi connectivity index (χ2v) is 6.60. The normalized spacial score (nSPS) is 18.2. The summed E-state index contributed by atoms with van der Waals surface area (Å²) < 4.78 is 19.7. The molecule has 4 nitrogen and oxygen atoms in total.